The van der Waals surface area contributed by atoms with Gasteiger partial charge >= 0.3 is 0 Å². The van der Waals surface area contributed by atoms with Gasteiger partial charge in [0.2, 0.25) is 0 Å². The fourth-order valence-corrected chi connectivity index (χ4v) is 5.99. The highest BCUT2D eigenvalue weighted by atomic mass is 19.1. The van der Waals surface area contributed by atoms with E-state index in [2.05, 4.69) is 21.9 Å². The molecule has 3 aromatic heterocycles. The summed E-state index contributed by atoms with van der Waals surface area (Å²) in [7, 11) is 0. The van der Waals surface area contributed by atoms with Gasteiger partial charge in [-0.15, -0.1) is 0 Å². The maximum Gasteiger partial charge on any atom is 0.145 e. The topological polar surface area (TPSA) is 136 Å². The predicted molar refractivity (Wildman–Crippen MR) is 146 cm³/mol. The number of nitrogen functional groups attached to an aromatic ring is 2. The van der Waals surface area contributed by atoms with Crippen LogP contribution in [0.5, 0.6) is 0 Å². The van der Waals surface area contributed by atoms with Gasteiger partial charge in [-0.25, -0.2) is 19.3 Å². The van der Waals surface area contributed by atoms with E-state index in [4.69, 9.17) is 11.5 Å². The number of nitrogens with zero attached hydrogens (tertiary/aromatic N) is 4. The van der Waals surface area contributed by atoms with E-state index in [1.807, 2.05) is 41.1 Å². The van der Waals surface area contributed by atoms with E-state index in [1.54, 1.807) is 12.1 Å². The number of hydrogen-bond donors (Lipinski definition) is 4. The van der Waals surface area contributed by atoms with E-state index in [1.165, 1.54) is 18.5 Å². The SMILES string of the molecule is CC1C(CCc2ccc3cc(-c4ccc(F)cc4)c(N)nc3c2)C(O)C(O)C1n1ccc2c(N)ncnc21. The second-order valence-corrected chi connectivity index (χ2v) is 10.2. The minimum Gasteiger partial charge on any atom is -0.390 e. The monoisotopic (exact) mass is 512 g/mol. The Kier molecular flexibility index (Phi) is 5.97. The van der Waals surface area contributed by atoms with Crippen molar-refractivity contribution in [2.24, 2.45) is 11.8 Å². The van der Waals surface area contributed by atoms with Crippen molar-refractivity contribution in [3.63, 3.8) is 0 Å². The average molecular weight is 513 g/mol. The number of nitrogens with two attached hydrogens (primary N) is 2. The summed E-state index contributed by atoms with van der Waals surface area (Å²) in [4.78, 5) is 13.0. The molecule has 0 aliphatic heterocycles. The number of rotatable bonds is 5. The molecule has 8 nitrogen and oxygen atoms in total. The molecule has 5 unspecified atom stereocenters. The van der Waals surface area contributed by atoms with Crippen molar-refractivity contribution in [1.29, 1.82) is 0 Å². The number of pyridine rings is 1. The first kappa shape index (κ1) is 24.3. The third-order valence-corrected chi connectivity index (χ3v) is 8.05. The molecule has 5 aromatic rings. The van der Waals surface area contributed by atoms with Crippen LogP contribution in [-0.4, -0.2) is 41.9 Å². The summed E-state index contributed by atoms with van der Waals surface area (Å²) >= 11 is 0. The molecule has 0 amide bonds. The Bertz CT molecular complexity index is 1640. The Morgan fingerprint density at radius 2 is 1.74 bits per heavy atom. The number of aryl methyl sites for hydroxylation is 1. The summed E-state index contributed by atoms with van der Waals surface area (Å²) < 4.78 is 15.2. The third-order valence-electron chi connectivity index (χ3n) is 8.05. The maximum atomic E-state index is 13.3. The molecule has 9 heteroatoms. The quantitative estimate of drug-likeness (QED) is 0.278. The molecule has 0 radical (unpaired) electrons. The minimum absolute atomic E-state index is 0.000664. The van der Waals surface area contributed by atoms with Gasteiger partial charge in [0, 0.05) is 17.1 Å². The number of fused-ring (bicyclic) bond motifs is 2. The molecule has 1 saturated carbocycles. The summed E-state index contributed by atoms with van der Waals surface area (Å²) in [5, 5.41) is 23.7. The molecule has 0 bridgehead atoms. The van der Waals surface area contributed by atoms with Crippen molar-refractivity contribution in [3.8, 4) is 11.1 Å². The van der Waals surface area contributed by atoms with Crippen molar-refractivity contribution in [2.45, 2.75) is 38.0 Å². The lowest BCUT2D eigenvalue weighted by Crippen LogP contribution is -2.29. The van der Waals surface area contributed by atoms with Crippen LogP contribution in [0.2, 0.25) is 0 Å². The van der Waals surface area contributed by atoms with Gasteiger partial charge < -0.3 is 26.2 Å². The second kappa shape index (κ2) is 9.34. The standard InChI is InChI=1S/C29H29FN6O2/c1-15-20(25(37)26(38)24(15)36-11-10-21-27(31)33-14-34-29(21)36)9-3-16-2-4-18-13-22(28(32)35-23(18)12-16)17-5-7-19(30)8-6-17/h2,4-8,10-15,20,24-26,37-38H,3,9H2,1H3,(H2,32,35)(H2,31,33,34). The molecule has 194 valence electrons. The summed E-state index contributed by atoms with van der Waals surface area (Å²) in [6.45, 7) is 2.06. The van der Waals surface area contributed by atoms with Crippen LogP contribution in [0.4, 0.5) is 16.0 Å². The zero-order valence-corrected chi connectivity index (χ0v) is 20.9. The lowest BCUT2D eigenvalue weighted by molar-refractivity contribution is 0.00538. The largest absolute Gasteiger partial charge is 0.390 e. The molecule has 2 aromatic carbocycles. The van der Waals surface area contributed by atoms with Crippen molar-refractivity contribution >= 4 is 33.6 Å². The number of anilines is 2. The molecule has 6 rings (SSSR count). The average Bonchev–Trinajstić information content (AvgIpc) is 3.42. The highest BCUT2D eigenvalue weighted by Gasteiger charge is 2.47. The lowest BCUT2D eigenvalue weighted by Gasteiger charge is -2.23. The molecular formula is C29H29FN6O2. The molecule has 0 spiro atoms. The van der Waals surface area contributed by atoms with E-state index in [-0.39, 0.29) is 23.7 Å². The smallest absolute Gasteiger partial charge is 0.145 e. The zero-order valence-electron chi connectivity index (χ0n) is 20.9. The van der Waals surface area contributed by atoms with Crippen molar-refractivity contribution in [1.82, 2.24) is 19.5 Å². The summed E-state index contributed by atoms with van der Waals surface area (Å²) in [5.41, 5.74) is 16.3. The summed E-state index contributed by atoms with van der Waals surface area (Å²) in [5.74, 6) is 0.365. The van der Waals surface area contributed by atoms with Crippen LogP contribution in [0.1, 0.15) is 24.9 Å². The highest BCUT2D eigenvalue weighted by molar-refractivity contribution is 5.89. The third kappa shape index (κ3) is 4.04. The van der Waals surface area contributed by atoms with E-state index >= 15 is 0 Å². The van der Waals surface area contributed by atoms with E-state index in [0.29, 0.717) is 30.1 Å². The van der Waals surface area contributed by atoms with Crippen LogP contribution in [0, 0.1) is 17.7 Å². The first-order valence-corrected chi connectivity index (χ1v) is 12.7. The van der Waals surface area contributed by atoms with Gasteiger partial charge in [-0.3, -0.25) is 0 Å². The predicted octanol–water partition coefficient (Wildman–Crippen LogP) is 4.11. The number of halogens is 1. The van der Waals surface area contributed by atoms with E-state index < -0.39 is 12.2 Å². The highest BCUT2D eigenvalue weighted by Crippen LogP contribution is 2.44. The molecular weight excluding hydrogens is 483 g/mol. The molecule has 0 saturated heterocycles. The summed E-state index contributed by atoms with van der Waals surface area (Å²) in [6.07, 6.45) is 2.89. The van der Waals surface area contributed by atoms with Gasteiger partial charge in [0.1, 0.15) is 35.5 Å². The van der Waals surface area contributed by atoms with Crippen LogP contribution in [0.15, 0.2) is 67.1 Å². The Morgan fingerprint density at radius 3 is 2.53 bits per heavy atom. The fraction of sp³-hybridized carbons (Fsp3) is 0.276. The van der Waals surface area contributed by atoms with Crippen molar-refractivity contribution in [2.75, 3.05) is 11.5 Å². The fourth-order valence-electron chi connectivity index (χ4n) is 5.99. The Labute approximate surface area is 218 Å². The minimum atomic E-state index is -0.926. The number of aliphatic hydroxyl groups excluding tert-OH is 2. The number of benzene rings is 2. The first-order chi connectivity index (χ1) is 18.3. The zero-order chi connectivity index (χ0) is 26.6. The lowest BCUT2D eigenvalue weighted by atomic mass is 9.88. The molecule has 3 heterocycles. The van der Waals surface area contributed by atoms with Crippen LogP contribution in [-0.2, 0) is 6.42 Å². The molecule has 1 aliphatic rings. The van der Waals surface area contributed by atoms with Crippen LogP contribution in [0.25, 0.3) is 33.1 Å². The van der Waals surface area contributed by atoms with Crippen molar-refractivity contribution < 1.29 is 14.6 Å². The molecule has 1 aliphatic carbocycles. The van der Waals surface area contributed by atoms with Crippen LogP contribution < -0.4 is 11.5 Å². The van der Waals surface area contributed by atoms with Gasteiger partial charge in [0.15, 0.2) is 0 Å². The molecule has 38 heavy (non-hydrogen) atoms. The Hall–Kier alpha value is -4.08. The van der Waals surface area contributed by atoms with Gasteiger partial charge in [0.25, 0.3) is 0 Å². The maximum absolute atomic E-state index is 13.3. The number of hydrogen-bond acceptors (Lipinski definition) is 7. The normalized spacial score (nSPS) is 23.4. The van der Waals surface area contributed by atoms with Gasteiger partial charge in [-0.2, -0.15) is 0 Å². The Morgan fingerprint density at radius 1 is 0.947 bits per heavy atom. The van der Waals surface area contributed by atoms with E-state index in [9.17, 15) is 14.6 Å². The molecule has 5 atom stereocenters. The number of aromatic nitrogens is 4. The van der Waals surface area contributed by atoms with Gasteiger partial charge in [0.05, 0.1) is 23.0 Å². The Balaban J connectivity index is 1.22. The molecule has 6 N–H and O–H groups in total. The molecule has 1 fully saturated rings. The van der Waals surface area contributed by atoms with Gasteiger partial charge in [-0.1, -0.05) is 31.2 Å². The van der Waals surface area contributed by atoms with Crippen molar-refractivity contribution in [3.05, 3.63) is 78.5 Å². The first-order valence-electron chi connectivity index (χ1n) is 12.7. The number of aliphatic hydroxyl groups is 2. The second-order valence-electron chi connectivity index (χ2n) is 10.2. The van der Waals surface area contributed by atoms with E-state index in [0.717, 1.165) is 33.0 Å². The summed E-state index contributed by atoms with van der Waals surface area (Å²) in [6, 6.07) is 15.8. The van der Waals surface area contributed by atoms with Crippen LogP contribution in [0.3, 0.4) is 0 Å². The van der Waals surface area contributed by atoms with Gasteiger partial charge in [-0.05, 0) is 66.1 Å². The van der Waals surface area contributed by atoms with Crippen LogP contribution >= 0.6 is 0 Å².